The highest BCUT2D eigenvalue weighted by Gasteiger charge is 2.05. The van der Waals surface area contributed by atoms with E-state index in [2.05, 4.69) is 65.2 Å². The SMILES string of the molecule is CCNc1nc2c(C)cc(Br)cc2cc1C. The third kappa shape index (κ3) is 2.05. The largest absolute Gasteiger partial charge is 0.370 e. The summed E-state index contributed by atoms with van der Waals surface area (Å²) in [6.45, 7) is 7.15. The number of hydrogen-bond donors (Lipinski definition) is 1. The first-order valence-corrected chi connectivity index (χ1v) is 6.22. The van der Waals surface area contributed by atoms with Gasteiger partial charge in [-0.1, -0.05) is 15.9 Å². The zero-order chi connectivity index (χ0) is 11.7. The Morgan fingerprint density at radius 1 is 1.19 bits per heavy atom. The molecule has 0 atom stereocenters. The van der Waals surface area contributed by atoms with Crippen LogP contribution in [-0.4, -0.2) is 11.5 Å². The predicted octanol–water partition coefficient (Wildman–Crippen LogP) is 4.05. The average Bonchev–Trinajstić information content (AvgIpc) is 2.20. The summed E-state index contributed by atoms with van der Waals surface area (Å²) in [7, 11) is 0. The van der Waals surface area contributed by atoms with E-state index < -0.39 is 0 Å². The lowest BCUT2D eigenvalue weighted by Crippen LogP contribution is -2.02. The molecule has 0 saturated heterocycles. The maximum atomic E-state index is 4.67. The van der Waals surface area contributed by atoms with Gasteiger partial charge in [-0.25, -0.2) is 4.98 Å². The first-order chi connectivity index (χ1) is 7.61. The van der Waals surface area contributed by atoms with Crippen molar-refractivity contribution in [3.63, 3.8) is 0 Å². The minimum Gasteiger partial charge on any atom is -0.370 e. The van der Waals surface area contributed by atoms with E-state index in [0.717, 1.165) is 22.4 Å². The number of nitrogens with one attached hydrogen (secondary N) is 1. The van der Waals surface area contributed by atoms with Gasteiger partial charge in [0.25, 0.3) is 0 Å². The second kappa shape index (κ2) is 4.42. The van der Waals surface area contributed by atoms with Crippen LogP contribution in [0.4, 0.5) is 5.82 Å². The molecule has 1 aromatic carbocycles. The lowest BCUT2D eigenvalue weighted by atomic mass is 10.1. The van der Waals surface area contributed by atoms with Crippen molar-refractivity contribution in [3.05, 3.63) is 33.8 Å². The van der Waals surface area contributed by atoms with Gasteiger partial charge in [0.2, 0.25) is 0 Å². The van der Waals surface area contributed by atoms with Crippen LogP contribution < -0.4 is 5.32 Å². The molecule has 0 unspecified atom stereocenters. The van der Waals surface area contributed by atoms with E-state index in [1.165, 1.54) is 16.5 Å². The number of nitrogens with zero attached hydrogens (tertiary/aromatic N) is 1. The van der Waals surface area contributed by atoms with Crippen molar-refractivity contribution in [2.45, 2.75) is 20.8 Å². The molecule has 2 nitrogen and oxygen atoms in total. The summed E-state index contributed by atoms with van der Waals surface area (Å²) >= 11 is 3.51. The zero-order valence-electron chi connectivity index (χ0n) is 9.76. The van der Waals surface area contributed by atoms with Crippen LogP contribution in [0.5, 0.6) is 0 Å². The number of benzene rings is 1. The molecule has 1 heterocycles. The molecule has 3 heteroatoms. The van der Waals surface area contributed by atoms with Gasteiger partial charge in [-0.2, -0.15) is 0 Å². The molecule has 84 valence electrons. The highest BCUT2D eigenvalue weighted by molar-refractivity contribution is 9.10. The topological polar surface area (TPSA) is 24.9 Å². The van der Waals surface area contributed by atoms with Crippen LogP contribution in [0.2, 0.25) is 0 Å². The quantitative estimate of drug-likeness (QED) is 0.897. The highest BCUT2D eigenvalue weighted by atomic mass is 79.9. The molecule has 0 aliphatic carbocycles. The Kier molecular flexibility index (Phi) is 3.15. The second-order valence-electron chi connectivity index (χ2n) is 3.98. The van der Waals surface area contributed by atoms with E-state index in [9.17, 15) is 0 Å². The summed E-state index contributed by atoms with van der Waals surface area (Å²) in [4.78, 5) is 4.67. The fourth-order valence-corrected chi connectivity index (χ4v) is 2.46. The number of halogens is 1. The summed E-state index contributed by atoms with van der Waals surface area (Å²) in [5.74, 6) is 0.987. The Bertz CT molecular complexity index is 535. The van der Waals surface area contributed by atoms with Gasteiger partial charge in [-0.15, -0.1) is 0 Å². The van der Waals surface area contributed by atoms with E-state index in [1.54, 1.807) is 0 Å². The van der Waals surface area contributed by atoms with E-state index >= 15 is 0 Å². The second-order valence-corrected chi connectivity index (χ2v) is 4.89. The van der Waals surface area contributed by atoms with Crippen LogP contribution >= 0.6 is 15.9 Å². The van der Waals surface area contributed by atoms with Crippen molar-refractivity contribution in [1.29, 1.82) is 0 Å². The average molecular weight is 279 g/mol. The van der Waals surface area contributed by atoms with Crippen molar-refractivity contribution in [1.82, 2.24) is 4.98 Å². The first-order valence-electron chi connectivity index (χ1n) is 5.43. The lowest BCUT2D eigenvalue weighted by Gasteiger charge is -2.10. The molecule has 0 bridgehead atoms. The number of hydrogen-bond acceptors (Lipinski definition) is 2. The summed E-state index contributed by atoms with van der Waals surface area (Å²) in [6.07, 6.45) is 0. The zero-order valence-corrected chi connectivity index (χ0v) is 11.4. The highest BCUT2D eigenvalue weighted by Crippen LogP contribution is 2.26. The van der Waals surface area contributed by atoms with Crippen molar-refractivity contribution in [2.24, 2.45) is 0 Å². The lowest BCUT2D eigenvalue weighted by molar-refractivity contribution is 1.15. The molecule has 2 aromatic rings. The maximum absolute atomic E-state index is 4.67. The third-order valence-electron chi connectivity index (χ3n) is 2.61. The van der Waals surface area contributed by atoms with Crippen LogP contribution in [0.3, 0.4) is 0 Å². The van der Waals surface area contributed by atoms with Crippen molar-refractivity contribution < 1.29 is 0 Å². The molecular weight excluding hydrogens is 264 g/mol. The minimum atomic E-state index is 0.898. The minimum absolute atomic E-state index is 0.898. The van der Waals surface area contributed by atoms with Gasteiger partial charge < -0.3 is 5.32 Å². The summed E-state index contributed by atoms with van der Waals surface area (Å²) in [5, 5.41) is 4.47. The number of anilines is 1. The Hall–Kier alpha value is -1.09. The first kappa shape index (κ1) is 11.4. The van der Waals surface area contributed by atoms with Crippen molar-refractivity contribution in [3.8, 4) is 0 Å². The molecule has 16 heavy (non-hydrogen) atoms. The summed E-state index contributed by atoms with van der Waals surface area (Å²) in [5.41, 5.74) is 3.46. The van der Waals surface area contributed by atoms with Crippen molar-refractivity contribution >= 4 is 32.7 Å². The van der Waals surface area contributed by atoms with Crippen LogP contribution in [0.15, 0.2) is 22.7 Å². The van der Waals surface area contributed by atoms with Crippen molar-refractivity contribution in [2.75, 3.05) is 11.9 Å². The fraction of sp³-hybridized carbons (Fsp3) is 0.308. The molecule has 1 N–H and O–H groups in total. The van der Waals surface area contributed by atoms with Gasteiger partial charge in [-0.05, 0) is 50.1 Å². The molecule has 0 aliphatic rings. The third-order valence-corrected chi connectivity index (χ3v) is 3.07. The summed E-state index contributed by atoms with van der Waals surface area (Å²) < 4.78 is 1.11. The number of fused-ring (bicyclic) bond motifs is 1. The fourth-order valence-electron chi connectivity index (χ4n) is 1.87. The number of aromatic nitrogens is 1. The van der Waals surface area contributed by atoms with Gasteiger partial charge in [0.15, 0.2) is 0 Å². The molecule has 0 fully saturated rings. The van der Waals surface area contributed by atoms with Crippen LogP contribution in [0.1, 0.15) is 18.1 Å². The van der Waals surface area contributed by atoms with Gasteiger partial charge >= 0.3 is 0 Å². The number of aryl methyl sites for hydroxylation is 2. The maximum Gasteiger partial charge on any atom is 0.129 e. The van der Waals surface area contributed by atoms with E-state index in [-0.39, 0.29) is 0 Å². The Morgan fingerprint density at radius 2 is 1.94 bits per heavy atom. The van der Waals surface area contributed by atoms with Crippen LogP contribution in [0, 0.1) is 13.8 Å². The molecule has 0 spiro atoms. The van der Waals surface area contributed by atoms with E-state index in [1.807, 2.05) is 0 Å². The Balaban J connectivity index is 2.69. The molecule has 0 aliphatic heterocycles. The Morgan fingerprint density at radius 3 is 2.62 bits per heavy atom. The van der Waals surface area contributed by atoms with Gasteiger partial charge in [0.05, 0.1) is 5.52 Å². The van der Waals surface area contributed by atoms with Gasteiger partial charge in [0, 0.05) is 16.4 Å². The molecule has 0 radical (unpaired) electrons. The van der Waals surface area contributed by atoms with E-state index in [4.69, 9.17) is 0 Å². The van der Waals surface area contributed by atoms with Crippen LogP contribution in [0.25, 0.3) is 10.9 Å². The van der Waals surface area contributed by atoms with E-state index in [0.29, 0.717) is 0 Å². The standard InChI is InChI=1S/C13H15BrN2/c1-4-15-13-9(3)5-10-7-11(14)6-8(2)12(10)16-13/h5-7H,4H2,1-3H3,(H,15,16). The molecule has 2 rings (SSSR count). The Labute approximate surface area is 104 Å². The number of pyridine rings is 1. The molecular formula is C13H15BrN2. The predicted molar refractivity (Wildman–Crippen MR) is 73.1 cm³/mol. The molecule has 0 saturated carbocycles. The summed E-state index contributed by atoms with van der Waals surface area (Å²) in [6, 6.07) is 6.39. The number of rotatable bonds is 2. The molecule has 0 amide bonds. The molecule has 1 aromatic heterocycles. The smallest absolute Gasteiger partial charge is 0.129 e. The van der Waals surface area contributed by atoms with Gasteiger partial charge in [-0.3, -0.25) is 0 Å². The van der Waals surface area contributed by atoms with Gasteiger partial charge in [0.1, 0.15) is 5.82 Å². The normalized spacial score (nSPS) is 10.8. The van der Waals surface area contributed by atoms with Crippen LogP contribution in [-0.2, 0) is 0 Å². The monoisotopic (exact) mass is 278 g/mol.